The molecule has 3 rings (SSSR count). The van der Waals surface area contributed by atoms with Crippen LogP contribution in [0.3, 0.4) is 0 Å². The van der Waals surface area contributed by atoms with Crippen molar-refractivity contribution in [2.24, 2.45) is 0 Å². The molecule has 1 aromatic heterocycles. The van der Waals surface area contributed by atoms with E-state index < -0.39 is 0 Å². The second kappa shape index (κ2) is 11.0. The summed E-state index contributed by atoms with van der Waals surface area (Å²) in [6.07, 6.45) is 4.70. The van der Waals surface area contributed by atoms with Crippen molar-refractivity contribution in [3.63, 3.8) is 0 Å². The highest BCUT2D eigenvalue weighted by Crippen LogP contribution is 2.17. The number of benzene rings is 1. The monoisotopic (exact) mass is 412 g/mol. The van der Waals surface area contributed by atoms with Crippen LogP contribution in [0.5, 0.6) is 0 Å². The molecule has 0 unspecified atom stereocenters. The van der Waals surface area contributed by atoms with Gasteiger partial charge in [0.05, 0.1) is 25.3 Å². The van der Waals surface area contributed by atoms with Gasteiger partial charge in [0.1, 0.15) is 12.3 Å². The van der Waals surface area contributed by atoms with E-state index in [0.29, 0.717) is 19.5 Å². The van der Waals surface area contributed by atoms with Gasteiger partial charge in [0.2, 0.25) is 11.8 Å². The maximum absolute atomic E-state index is 13.3. The van der Waals surface area contributed by atoms with Crippen LogP contribution >= 0.6 is 0 Å². The Morgan fingerprint density at radius 2 is 1.93 bits per heavy atom. The lowest BCUT2D eigenvalue weighted by atomic mass is 10.1. The van der Waals surface area contributed by atoms with Crippen molar-refractivity contribution in [1.82, 2.24) is 9.80 Å². The molecule has 6 nitrogen and oxygen atoms in total. The predicted molar refractivity (Wildman–Crippen MR) is 115 cm³/mol. The molecule has 2 atom stereocenters. The van der Waals surface area contributed by atoms with Crippen molar-refractivity contribution >= 4 is 11.8 Å². The second-order valence-electron chi connectivity index (χ2n) is 7.93. The van der Waals surface area contributed by atoms with Crippen LogP contribution in [0.4, 0.5) is 0 Å². The minimum Gasteiger partial charge on any atom is -0.467 e. The van der Waals surface area contributed by atoms with Gasteiger partial charge in [-0.1, -0.05) is 37.3 Å². The standard InChI is InChI=1S/C24H32N2O4/c1-3-19(2)26(23(27)15-20-9-5-4-6-10-20)18-24(28)25(16-21-11-7-13-29-21)17-22-12-8-14-30-22/h4-7,9-11,13,19,22H,3,8,12,14-18H2,1-2H3/t19-,22-/m0/s1. The number of furan rings is 1. The second-order valence-corrected chi connectivity index (χ2v) is 7.93. The van der Waals surface area contributed by atoms with Crippen molar-refractivity contribution in [3.8, 4) is 0 Å². The van der Waals surface area contributed by atoms with E-state index >= 15 is 0 Å². The summed E-state index contributed by atoms with van der Waals surface area (Å²) in [7, 11) is 0. The van der Waals surface area contributed by atoms with Gasteiger partial charge >= 0.3 is 0 Å². The molecule has 1 saturated heterocycles. The van der Waals surface area contributed by atoms with Crippen molar-refractivity contribution in [1.29, 1.82) is 0 Å². The zero-order valence-electron chi connectivity index (χ0n) is 18.0. The Morgan fingerprint density at radius 3 is 2.57 bits per heavy atom. The van der Waals surface area contributed by atoms with E-state index in [1.807, 2.05) is 56.3 Å². The summed E-state index contributed by atoms with van der Waals surface area (Å²) < 4.78 is 11.2. The Hall–Kier alpha value is -2.60. The van der Waals surface area contributed by atoms with Gasteiger partial charge in [0.25, 0.3) is 0 Å². The molecule has 2 aromatic rings. The Labute approximate surface area is 178 Å². The third kappa shape index (κ3) is 6.20. The van der Waals surface area contributed by atoms with Crippen LogP contribution in [0.1, 0.15) is 44.4 Å². The Bertz CT molecular complexity index is 785. The van der Waals surface area contributed by atoms with Gasteiger partial charge in [-0.15, -0.1) is 0 Å². The average molecular weight is 413 g/mol. The zero-order valence-corrected chi connectivity index (χ0v) is 18.0. The van der Waals surface area contributed by atoms with E-state index in [0.717, 1.165) is 37.2 Å². The van der Waals surface area contributed by atoms with Crippen LogP contribution in [0.15, 0.2) is 53.1 Å². The molecule has 6 heteroatoms. The lowest BCUT2D eigenvalue weighted by Gasteiger charge is -2.32. The van der Waals surface area contributed by atoms with Crippen molar-refractivity contribution in [2.45, 2.75) is 58.2 Å². The molecule has 1 fully saturated rings. The first-order valence-corrected chi connectivity index (χ1v) is 10.8. The lowest BCUT2D eigenvalue weighted by Crippen LogP contribution is -2.48. The molecular weight excluding hydrogens is 380 g/mol. The van der Waals surface area contributed by atoms with E-state index in [2.05, 4.69) is 0 Å². The van der Waals surface area contributed by atoms with Gasteiger partial charge in [0, 0.05) is 19.2 Å². The van der Waals surface area contributed by atoms with E-state index in [1.54, 1.807) is 16.1 Å². The van der Waals surface area contributed by atoms with E-state index in [1.165, 1.54) is 0 Å². The summed E-state index contributed by atoms with van der Waals surface area (Å²) in [4.78, 5) is 29.8. The quantitative estimate of drug-likeness (QED) is 0.598. The molecule has 2 amide bonds. The number of rotatable bonds is 10. The van der Waals surface area contributed by atoms with Crippen molar-refractivity contribution < 1.29 is 18.7 Å². The molecule has 162 valence electrons. The summed E-state index contributed by atoms with van der Waals surface area (Å²) in [6.45, 7) is 5.72. The van der Waals surface area contributed by atoms with Gasteiger partial charge in [-0.25, -0.2) is 0 Å². The number of carbonyl (C=O) groups is 2. The fourth-order valence-corrected chi connectivity index (χ4v) is 3.71. The molecule has 0 radical (unpaired) electrons. The van der Waals surface area contributed by atoms with Crippen LogP contribution in [-0.2, 0) is 27.3 Å². The highest BCUT2D eigenvalue weighted by atomic mass is 16.5. The molecule has 1 aliphatic rings. The normalized spacial score (nSPS) is 16.9. The van der Waals surface area contributed by atoms with Gasteiger partial charge in [-0.05, 0) is 43.9 Å². The van der Waals surface area contributed by atoms with Gasteiger partial charge < -0.3 is 19.0 Å². The van der Waals surface area contributed by atoms with E-state index in [9.17, 15) is 9.59 Å². The van der Waals surface area contributed by atoms with Crippen molar-refractivity contribution in [2.75, 3.05) is 19.7 Å². The summed E-state index contributed by atoms with van der Waals surface area (Å²) in [5, 5.41) is 0. The van der Waals surface area contributed by atoms with Crippen LogP contribution in [0.25, 0.3) is 0 Å². The number of amides is 2. The minimum atomic E-state index is -0.0800. The minimum absolute atomic E-state index is 0.0154. The topological polar surface area (TPSA) is 63.0 Å². The zero-order chi connectivity index (χ0) is 21.3. The molecule has 0 spiro atoms. The Kier molecular flexibility index (Phi) is 8.08. The number of hydrogen-bond donors (Lipinski definition) is 0. The van der Waals surface area contributed by atoms with Crippen LogP contribution in [-0.4, -0.2) is 53.5 Å². The number of hydrogen-bond acceptors (Lipinski definition) is 4. The lowest BCUT2D eigenvalue weighted by molar-refractivity contribution is -0.143. The third-order valence-electron chi connectivity index (χ3n) is 5.67. The molecule has 0 saturated carbocycles. The summed E-state index contributed by atoms with van der Waals surface area (Å²) >= 11 is 0. The van der Waals surface area contributed by atoms with Crippen LogP contribution < -0.4 is 0 Å². The first-order valence-electron chi connectivity index (χ1n) is 10.8. The fraction of sp³-hybridized carbons (Fsp3) is 0.500. The fourth-order valence-electron chi connectivity index (χ4n) is 3.71. The molecule has 1 aliphatic heterocycles. The van der Waals surface area contributed by atoms with E-state index in [4.69, 9.17) is 9.15 Å². The third-order valence-corrected chi connectivity index (χ3v) is 5.67. The average Bonchev–Trinajstić information content (AvgIpc) is 3.46. The molecule has 2 heterocycles. The summed E-state index contributed by atoms with van der Waals surface area (Å²) in [5.74, 6) is 0.620. The Morgan fingerprint density at radius 1 is 1.13 bits per heavy atom. The SMILES string of the molecule is CC[C@H](C)N(CC(=O)N(Cc1ccco1)C[C@@H]1CCCO1)C(=O)Cc1ccccc1. The molecular formula is C24H32N2O4. The molecule has 1 aromatic carbocycles. The van der Waals surface area contributed by atoms with Crippen molar-refractivity contribution in [3.05, 3.63) is 60.1 Å². The molecule has 0 aliphatic carbocycles. The van der Waals surface area contributed by atoms with Crippen LogP contribution in [0.2, 0.25) is 0 Å². The van der Waals surface area contributed by atoms with E-state index in [-0.39, 0.29) is 30.5 Å². The first-order chi connectivity index (χ1) is 14.6. The predicted octanol–water partition coefficient (Wildman–Crippen LogP) is 3.66. The number of nitrogens with zero attached hydrogens (tertiary/aromatic N) is 2. The summed E-state index contributed by atoms with van der Waals surface area (Å²) in [5.41, 5.74) is 0.954. The summed E-state index contributed by atoms with van der Waals surface area (Å²) in [6, 6.07) is 13.3. The number of carbonyl (C=O) groups excluding carboxylic acids is 2. The molecule has 30 heavy (non-hydrogen) atoms. The van der Waals surface area contributed by atoms with Gasteiger partial charge in [-0.2, -0.15) is 0 Å². The highest BCUT2D eigenvalue weighted by molar-refractivity contribution is 5.86. The maximum Gasteiger partial charge on any atom is 0.242 e. The Balaban J connectivity index is 1.70. The molecule has 0 bridgehead atoms. The van der Waals surface area contributed by atoms with Gasteiger partial charge in [-0.3, -0.25) is 9.59 Å². The largest absolute Gasteiger partial charge is 0.467 e. The maximum atomic E-state index is 13.3. The molecule has 0 N–H and O–H groups in total. The highest BCUT2D eigenvalue weighted by Gasteiger charge is 2.28. The first kappa shape index (κ1) is 22.1. The van der Waals surface area contributed by atoms with Crippen LogP contribution in [0, 0.1) is 0 Å². The smallest absolute Gasteiger partial charge is 0.242 e. The number of ether oxygens (including phenoxy) is 1. The van der Waals surface area contributed by atoms with Gasteiger partial charge in [0.15, 0.2) is 0 Å².